The Balaban J connectivity index is 1.35. The summed E-state index contributed by atoms with van der Waals surface area (Å²) in [6.07, 6.45) is 1.34. The van der Waals surface area contributed by atoms with Crippen LogP contribution >= 0.6 is 0 Å². The third kappa shape index (κ3) is 4.35. The number of aliphatic hydroxyl groups is 1. The van der Waals surface area contributed by atoms with Crippen molar-refractivity contribution in [3.05, 3.63) is 29.3 Å². The second-order valence-corrected chi connectivity index (χ2v) is 16.1. The topological polar surface area (TPSA) is 124 Å². The van der Waals surface area contributed by atoms with Crippen molar-refractivity contribution in [1.29, 1.82) is 0 Å². The van der Waals surface area contributed by atoms with Crippen LogP contribution < -0.4 is 10.6 Å². The maximum absolute atomic E-state index is 14.4. The van der Waals surface area contributed by atoms with Gasteiger partial charge in [0.05, 0.1) is 27.8 Å². The minimum Gasteiger partial charge on any atom is -0.461 e. The summed E-state index contributed by atoms with van der Waals surface area (Å²) < 4.78 is 11.8. The Morgan fingerprint density at radius 2 is 1.84 bits per heavy atom. The van der Waals surface area contributed by atoms with Gasteiger partial charge in [0, 0.05) is 36.0 Å². The third-order valence-corrected chi connectivity index (χ3v) is 12.5. The van der Waals surface area contributed by atoms with Crippen molar-refractivity contribution in [3.8, 4) is 0 Å². The van der Waals surface area contributed by atoms with Gasteiger partial charge in [0.15, 0.2) is 5.78 Å². The number of rotatable bonds is 7. The van der Waals surface area contributed by atoms with Gasteiger partial charge in [0.2, 0.25) is 5.91 Å². The first-order chi connectivity index (χ1) is 20.9. The van der Waals surface area contributed by atoms with Crippen molar-refractivity contribution in [2.75, 3.05) is 33.0 Å². The van der Waals surface area contributed by atoms with Crippen LogP contribution in [0.1, 0.15) is 90.1 Å². The van der Waals surface area contributed by atoms with E-state index in [4.69, 9.17) is 9.47 Å². The molecule has 10 nitrogen and oxygen atoms in total. The number of benzene rings is 1. The number of amides is 1. The van der Waals surface area contributed by atoms with E-state index >= 15 is 0 Å². The maximum Gasteiger partial charge on any atom is 0.323 e. The second-order valence-electron chi connectivity index (χ2n) is 16.1. The van der Waals surface area contributed by atoms with Crippen LogP contribution in [-0.2, 0) is 24.5 Å². The molecule has 248 valence electrons. The molecule has 1 aliphatic carbocycles. The molecule has 0 bridgehead atoms. The number of Topliss-reactive ketones (excluding diaryl/α,β-unsaturated/α-hetero) is 1. The summed E-state index contributed by atoms with van der Waals surface area (Å²) in [7, 11) is 5.69. The Morgan fingerprint density at radius 3 is 2.42 bits per heavy atom. The molecular weight excluding hydrogens is 572 g/mol. The van der Waals surface area contributed by atoms with Crippen LogP contribution in [0.5, 0.6) is 0 Å². The molecule has 0 aromatic heterocycles. The summed E-state index contributed by atoms with van der Waals surface area (Å²) in [5.74, 6) is -0.404. The molecular formula is C35H52N4O6. The number of likely N-dealkylation sites (N-methyl/N-ethyl adjacent to an activating group) is 2. The van der Waals surface area contributed by atoms with Crippen LogP contribution in [0.3, 0.4) is 0 Å². The van der Waals surface area contributed by atoms with E-state index in [1.165, 1.54) is 0 Å². The molecule has 6 rings (SSSR count). The van der Waals surface area contributed by atoms with Crippen molar-refractivity contribution in [3.63, 3.8) is 0 Å². The third-order valence-electron chi connectivity index (χ3n) is 12.5. The van der Waals surface area contributed by atoms with Gasteiger partial charge in [-0.05, 0) is 78.7 Å². The molecule has 1 aromatic carbocycles. The van der Waals surface area contributed by atoms with Gasteiger partial charge in [-0.25, -0.2) is 0 Å². The van der Waals surface area contributed by atoms with Crippen LogP contribution in [0.15, 0.2) is 18.2 Å². The fraction of sp³-hybridized carbons (Fsp3) is 0.743. The minimum atomic E-state index is -1.29. The first-order valence-corrected chi connectivity index (χ1v) is 16.6. The SMILES string of the molecule is CN[C@]12CN3C(C)CC(OC(=O)[C@H](C(C)C)N(C)C)CC3CC1(O)C(C)(C)[C@]1(C2)C(=O)Nc2c(C(=O)C3OC3(C)C)cccc21. The highest BCUT2D eigenvalue weighted by molar-refractivity contribution is 6.15. The molecule has 0 radical (unpaired) electrons. The summed E-state index contributed by atoms with van der Waals surface area (Å²) in [5.41, 5.74) is -2.83. The standard InChI is InChI=1S/C35H52N4O6/c1-19(2)26(38(9)10)29(41)44-22-14-20(3)39-18-33(36-8)17-34(32(6,7)35(33,43)16-21(39)15-22)24-13-11-12-23(25(24)37-30(34)42)27(40)28-31(4,5)45-28/h11-13,19-22,26,28,36,43H,14-18H2,1-10H3,(H,37,42)/t20?,21?,22?,26-,28?,33+,34-,35?/m0/s1. The predicted octanol–water partition coefficient (Wildman–Crippen LogP) is 3.11. The lowest BCUT2D eigenvalue weighted by Gasteiger charge is -2.60. The summed E-state index contributed by atoms with van der Waals surface area (Å²) in [5, 5.41) is 19.7. The Labute approximate surface area is 267 Å². The summed E-state index contributed by atoms with van der Waals surface area (Å²) in [6.45, 7) is 14.6. The molecule has 4 heterocycles. The number of para-hydroxylation sites is 1. The molecule has 1 amide bonds. The number of fused-ring (bicyclic) bond motifs is 4. The number of ketones is 1. The summed E-state index contributed by atoms with van der Waals surface area (Å²) in [6, 6.07) is 5.31. The number of hydrogen-bond acceptors (Lipinski definition) is 9. The average Bonchev–Trinajstić information content (AvgIpc) is 3.42. The van der Waals surface area contributed by atoms with Crippen LogP contribution in [0, 0.1) is 11.3 Å². The number of epoxide rings is 1. The van der Waals surface area contributed by atoms with Gasteiger partial charge in [-0.2, -0.15) is 0 Å². The lowest BCUT2D eigenvalue weighted by Crippen LogP contribution is -2.75. The molecule has 10 heteroatoms. The molecule has 45 heavy (non-hydrogen) atoms. The molecule has 3 N–H and O–H groups in total. The number of carbonyl (C=O) groups is 3. The highest BCUT2D eigenvalue weighted by atomic mass is 16.6. The van der Waals surface area contributed by atoms with E-state index in [0.29, 0.717) is 43.5 Å². The number of carbonyl (C=O) groups excluding carboxylic acids is 3. The summed E-state index contributed by atoms with van der Waals surface area (Å²) in [4.78, 5) is 45.5. The average molecular weight is 625 g/mol. The minimum absolute atomic E-state index is 0.0320. The van der Waals surface area contributed by atoms with Gasteiger partial charge in [-0.1, -0.05) is 39.8 Å². The van der Waals surface area contributed by atoms with Gasteiger partial charge in [0.25, 0.3) is 0 Å². The van der Waals surface area contributed by atoms with E-state index in [2.05, 4.69) is 22.5 Å². The lowest BCUT2D eigenvalue weighted by molar-refractivity contribution is -0.185. The first-order valence-electron chi connectivity index (χ1n) is 16.6. The molecule has 4 fully saturated rings. The molecule has 1 spiro atoms. The highest BCUT2D eigenvalue weighted by Gasteiger charge is 2.79. The van der Waals surface area contributed by atoms with Gasteiger partial charge < -0.3 is 25.2 Å². The molecule has 1 aromatic rings. The fourth-order valence-electron chi connectivity index (χ4n) is 9.91. The van der Waals surface area contributed by atoms with Crippen molar-refractivity contribution < 1.29 is 29.0 Å². The van der Waals surface area contributed by atoms with Crippen LogP contribution in [0.25, 0.3) is 0 Å². The van der Waals surface area contributed by atoms with E-state index < -0.39 is 33.7 Å². The van der Waals surface area contributed by atoms with Crippen molar-refractivity contribution >= 4 is 23.3 Å². The fourth-order valence-corrected chi connectivity index (χ4v) is 9.91. The number of nitrogens with one attached hydrogen (secondary N) is 2. The second kappa shape index (κ2) is 10.3. The Bertz CT molecular complexity index is 1420. The van der Waals surface area contributed by atoms with E-state index in [9.17, 15) is 19.5 Å². The predicted molar refractivity (Wildman–Crippen MR) is 171 cm³/mol. The van der Waals surface area contributed by atoms with E-state index in [-0.39, 0.29) is 47.8 Å². The molecule has 1 saturated carbocycles. The Hall–Kier alpha value is -2.37. The molecule has 4 aliphatic heterocycles. The van der Waals surface area contributed by atoms with Gasteiger partial charge >= 0.3 is 5.97 Å². The Kier molecular flexibility index (Phi) is 7.46. The smallest absolute Gasteiger partial charge is 0.323 e. The monoisotopic (exact) mass is 624 g/mol. The van der Waals surface area contributed by atoms with Crippen LogP contribution in [0.4, 0.5) is 5.69 Å². The van der Waals surface area contributed by atoms with Crippen LogP contribution in [0.2, 0.25) is 0 Å². The number of anilines is 1. The molecule has 3 saturated heterocycles. The lowest BCUT2D eigenvalue weighted by atomic mass is 9.57. The van der Waals surface area contributed by atoms with Crippen molar-refractivity contribution in [2.24, 2.45) is 11.3 Å². The largest absolute Gasteiger partial charge is 0.461 e. The van der Waals surface area contributed by atoms with E-state index in [1.54, 1.807) is 6.07 Å². The van der Waals surface area contributed by atoms with E-state index in [0.717, 1.165) is 5.56 Å². The first kappa shape index (κ1) is 32.6. The maximum atomic E-state index is 14.4. The number of piperidine rings is 2. The number of nitrogens with zero attached hydrogens (tertiary/aromatic N) is 2. The zero-order valence-corrected chi connectivity index (χ0v) is 28.6. The highest BCUT2D eigenvalue weighted by Crippen LogP contribution is 2.69. The van der Waals surface area contributed by atoms with Gasteiger partial charge in [-0.3, -0.25) is 24.2 Å². The zero-order chi connectivity index (χ0) is 33.1. The van der Waals surface area contributed by atoms with Gasteiger partial charge in [-0.15, -0.1) is 0 Å². The van der Waals surface area contributed by atoms with Crippen molar-refractivity contribution in [2.45, 2.75) is 127 Å². The number of esters is 1. The quantitative estimate of drug-likeness (QED) is 0.239. The van der Waals surface area contributed by atoms with Crippen molar-refractivity contribution in [1.82, 2.24) is 15.1 Å². The summed E-state index contributed by atoms with van der Waals surface area (Å²) >= 11 is 0. The zero-order valence-electron chi connectivity index (χ0n) is 28.6. The molecule has 5 unspecified atom stereocenters. The normalized spacial score (nSPS) is 38.5. The Morgan fingerprint density at radius 1 is 1.18 bits per heavy atom. The van der Waals surface area contributed by atoms with Gasteiger partial charge in [0.1, 0.15) is 18.2 Å². The number of ether oxygens (including phenoxy) is 2. The van der Waals surface area contributed by atoms with Crippen LogP contribution in [-0.4, -0.2) is 107 Å². The molecule has 8 atom stereocenters. The van der Waals surface area contributed by atoms with E-state index in [1.807, 2.05) is 79.7 Å². The molecule has 5 aliphatic rings. The number of hydrogen-bond donors (Lipinski definition) is 3.